The summed E-state index contributed by atoms with van der Waals surface area (Å²) in [6, 6.07) is 14.6. The monoisotopic (exact) mass is 430 g/mol. The van der Waals surface area contributed by atoms with Gasteiger partial charge in [0.25, 0.3) is 0 Å². The average molecular weight is 431 g/mol. The first-order chi connectivity index (χ1) is 14.4. The number of para-hydroxylation sites is 1. The number of sulfone groups is 1. The summed E-state index contributed by atoms with van der Waals surface area (Å²) in [6.45, 7) is 4.27. The highest BCUT2D eigenvalue weighted by Crippen LogP contribution is 2.31. The lowest BCUT2D eigenvalue weighted by Crippen LogP contribution is -2.37. The number of ether oxygens (including phenoxy) is 1. The zero-order valence-corrected chi connectivity index (χ0v) is 18.5. The van der Waals surface area contributed by atoms with E-state index in [0.717, 1.165) is 42.8 Å². The van der Waals surface area contributed by atoms with Gasteiger partial charge in [0.2, 0.25) is 5.91 Å². The van der Waals surface area contributed by atoms with Gasteiger partial charge in [-0.15, -0.1) is 0 Å². The predicted molar refractivity (Wildman–Crippen MR) is 117 cm³/mol. The number of carbonyl (C=O) groups excluding carboxylic acids is 1. The lowest BCUT2D eigenvalue weighted by atomic mass is 10.0. The van der Waals surface area contributed by atoms with Crippen LogP contribution in [0.1, 0.15) is 36.4 Å². The van der Waals surface area contributed by atoms with E-state index in [0.29, 0.717) is 6.54 Å². The summed E-state index contributed by atoms with van der Waals surface area (Å²) < 4.78 is 30.5. The summed E-state index contributed by atoms with van der Waals surface area (Å²) in [6.07, 6.45) is 2.21. The van der Waals surface area contributed by atoms with E-state index in [1.807, 2.05) is 31.2 Å². The molecule has 1 aliphatic heterocycles. The summed E-state index contributed by atoms with van der Waals surface area (Å²) in [7, 11) is -1.83. The van der Waals surface area contributed by atoms with E-state index in [1.165, 1.54) is 0 Å². The van der Waals surface area contributed by atoms with Gasteiger partial charge in [-0.3, -0.25) is 9.69 Å². The molecule has 0 aromatic heterocycles. The molecule has 1 atom stereocenters. The molecule has 1 unspecified atom stereocenters. The van der Waals surface area contributed by atoms with Crippen LogP contribution in [0.4, 0.5) is 0 Å². The third-order valence-corrected chi connectivity index (χ3v) is 7.28. The molecule has 0 spiro atoms. The van der Waals surface area contributed by atoms with Gasteiger partial charge in [-0.2, -0.15) is 0 Å². The summed E-state index contributed by atoms with van der Waals surface area (Å²) in [5.41, 5.74) is 2.03. The minimum atomic E-state index is -3.48. The van der Waals surface area contributed by atoms with Crippen molar-refractivity contribution in [3.05, 3.63) is 59.7 Å². The van der Waals surface area contributed by atoms with Gasteiger partial charge in [0, 0.05) is 18.5 Å². The Morgan fingerprint density at radius 1 is 1.10 bits per heavy atom. The van der Waals surface area contributed by atoms with E-state index in [1.54, 1.807) is 31.4 Å². The van der Waals surface area contributed by atoms with E-state index in [2.05, 4.69) is 10.2 Å². The van der Waals surface area contributed by atoms with Crippen molar-refractivity contribution < 1.29 is 17.9 Å². The number of rotatable bonds is 9. The lowest BCUT2D eigenvalue weighted by molar-refractivity contribution is -0.120. The Morgan fingerprint density at radius 3 is 2.43 bits per heavy atom. The Morgan fingerprint density at radius 2 is 1.77 bits per heavy atom. The molecule has 1 saturated heterocycles. The van der Waals surface area contributed by atoms with E-state index in [-0.39, 0.29) is 29.0 Å². The molecule has 1 heterocycles. The number of methoxy groups -OCH3 is 1. The first-order valence-electron chi connectivity index (χ1n) is 10.3. The van der Waals surface area contributed by atoms with Crippen LogP contribution in [0.5, 0.6) is 5.75 Å². The Kier molecular flexibility index (Phi) is 7.50. The number of hydrogen-bond acceptors (Lipinski definition) is 5. The number of benzene rings is 2. The van der Waals surface area contributed by atoms with Crippen molar-refractivity contribution in [1.82, 2.24) is 10.2 Å². The molecular weight excluding hydrogens is 400 g/mol. The van der Waals surface area contributed by atoms with Gasteiger partial charge in [0.05, 0.1) is 23.8 Å². The number of nitrogens with zero attached hydrogens (tertiary/aromatic N) is 1. The molecule has 162 valence electrons. The van der Waals surface area contributed by atoms with Crippen LogP contribution in [-0.2, 0) is 14.6 Å². The Labute approximate surface area is 179 Å². The summed E-state index contributed by atoms with van der Waals surface area (Å²) >= 11 is 0. The minimum absolute atomic E-state index is 0.00121. The molecule has 0 bridgehead atoms. The van der Waals surface area contributed by atoms with Crippen molar-refractivity contribution in [3.8, 4) is 5.75 Å². The van der Waals surface area contributed by atoms with Crippen molar-refractivity contribution in [2.24, 2.45) is 0 Å². The van der Waals surface area contributed by atoms with E-state index >= 15 is 0 Å². The van der Waals surface area contributed by atoms with Crippen LogP contribution in [0, 0.1) is 6.92 Å². The Hall–Kier alpha value is -2.38. The highest BCUT2D eigenvalue weighted by atomic mass is 32.2. The van der Waals surface area contributed by atoms with Crippen LogP contribution in [0.25, 0.3) is 0 Å². The van der Waals surface area contributed by atoms with Crippen LogP contribution < -0.4 is 10.1 Å². The molecule has 30 heavy (non-hydrogen) atoms. The van der Waals surface area contributed by atoms with E-state index < -0.39 is 9.84 Å². The van der Waals surface area contributed by atoms with E-state index in [4.69, 9.17) is 4.74 Å². The molecule has 0 aliphatic carbocycles. The maximum atomic E-state index is 12.5. The second-order valence-corrected chi connectivity index (χ2v) is 9.80. The lowest BCUT2D eigenvalue weighted by Gasteiger charge is -2.29. The maximum absolute atomic E-state index is 12.5. The van der Waals surface area contributed by atoms with Gasteiger partial charge in [0.1, 0.15) is 5.75 Å². The largest absolute Gasteiger partial charge is 0.496 e. The number of nitrogens with one attached hydrogen (secondary N) is 1. The molecule has 0 radical (unpaired) electrons. The third-order valence-electron chi connectivity index (χ3n) is 5.55. The second kappa shape index (κ2) is 10.1. The predicted octanol–water partition coefficient (Wildman–Crippen LogP) is 3.12. The second-order valence-electron chi connectivity index (χ2n) is 7.69. The minimum Gasteiger partial charge on any atom is -0.496 e. The fourth-order valence-electron chi connectivity index (χ4n) is 3.82. The first kappa shape index (κ1) is 22.3. The molecule has 3 rings (SSSR count). The van der Waals surface area contributed by atoms with Gasteiger partial charge in [-0.25, -0.2) is 8.42 Å². The molecule has 2 aromatic rings. The smallest absolute Gasteiger partial charge is 0.221 e. The van der Waals surface area contributed by atoms with Gasteiger partial charge in [-0.05, 0) is 51.1 Å². The molecular formula is C23H30N2O4S. The molecule has 7 heteroatoms. The number of aryl methyl sites for hydroxylation is 1. The molecule has 1 aliphatic rings. The molecule has 1 N–H and O–H groups in total. The summed E-state index contributed by atoms with van der Waals surface area (Å²) in [5, 5.41) is 2.94. The average Bonchev–Trinajstić information content (AvgIpc) is 3.28. The number of amides is 1. The molecule has 1 fully saturated rings. The number of carbonyl (C=O) groups is 1. The zero-order valence-electron chi connectivity index (χ0n) is 17.6. The topological polar surface area (TPSA) is 75.7 Å². The summed E-state index contributed by atoms with van der Waals surface area (Å²) in [5.74, 6) is 0.334. The Balaban J connectivity index is 1.62. The highest BCUT2D eigenvalue weighted by Gasteiger charge is 2.26. The quantitative estimate of drug-likeness (QED) is 0.662. The van der Waals surface area contributed by atoms with Gasteiger partial charge >= 0.3 is 0 Å². The number of likely N-dealkylation sites (tertiary alicyclic amines) is 1. The van der Waals surface area contributed by atoms with Crippen LogP contribution in [-0.4, -0.2) is 51.7 Å². The molecule has 0 saturated carbocycles. The first-order valence-corrected chi connectivity index (χ1v) is 12.0. The normalized spacial score (nSPS) is 15.7. The fraction of sp³-hybridized carbons (Fsp3) is 0.435. The van der Waals surface area contributed by atoms with Crippen LogP contribution >= 0.6 is 0 Å². The van der Waals surface area contributed by atoms with Gasteiger partial charge in [0.15, 0.2) is 9.84 Å². The van der Waals surface area contributed by atoms with Gasteiger partial charge in [-0.1, -0.05) is 35.9 Å². The molecule has 6 nitrogen and oxygen atoms in total. The van der Waals surface area contributed by atoms with E-state index in [9.17, 15) is 13.2 Å². The molecule has 1 amide bonds. The molecule has 2 aromatic carbocycles. The Bertz CT molecular complexity index is 951. The van der Waals surface area contributed by atoms with Crippen LogP contribution in [0.2, 0.25) is 0 Å². The standard InChI is InChI=1S/C23H30N2O4S/c1-18-9-11-19(12-10-18)30(27,28)16-13-23(26)24-17-21(25-14-5-6-15-25)20-7-3-4-8-22(20)29-2/h3-4,7-12,21H,5-6,13-17H2,1-2H3,(H,24,26). The van der Waals surface area contributed by atoms with Crippen molar-refractivity contribution in [2.45, 2.75) is 37.1 Å². The highest BCUT2D eigenvalue weighted by molar-refractivity contribution is 7.91. The van der Waals surface area contributed by atoms with Crippen molar-refractivity contribution in [2.75, 3.05) is 32.5 Å². The fourth-order valence-corrected chi connectivity index (χ4v) is 5.06. The number of hydrogen-bond donors (Lipinski definition) is 1. The van der Waals surface area contributed by atoms with Crippen molar-refractivity contribution in [3.63, 3.8) is 0 Å². The SMILES string of the molecule is COc1ccccc1C(CNC(=O)CCS(=O)(=O)c1ccc(C)cc1)N1CCCC1. The zero-order chi connectivity index (χ0) is 21.6. The summed E-state index contributed by atoms with van der Waals surface area (Å²) in [4.78, 5) is 15.1. The van der Waals surface area contributed by atoms with Crippen molar-refractivity contribution in [1.29, 1.82) is 0 Å². The van der Waals surface area contributed by atoms with Crippen molar-refractivity contribution >= 4 is 15.7 Å². The van der Waals surface area contributed by atoms with Gasteiger partial charge < -0.3 is 10.1 Å². The van der Waals surface area contributed by atoms with Crippen LogP contribution in [0.3, 0.4) is 0 Å². The van der Waals surface area contributed by atoms with Crippen LogP contribution in [0.15, 0.2) is 53.4 Å². The third kappa shape index (κ3) is 5.61. The maximum Gasteiger partial charge on any atom is 0.221 e.